The molecule has 0 radical (unpaired) electrons. The second-order valence-electron chi connectivity index (χ2n) is 11.8. The predicted octanol–water partition coefficient (Wildman–Crippen LogP) is 10.2. The van der Waals surface area contributed by atoms with Crippen LogP contribution in [0.5, 0.6) is 34.5 Å². The van der Waals surface area contributed by atoms with Crippen molar-refractivity contribution in [3.63, 3.8) is 0 Å². The highest BCUT2D eigenvalue weighted by Crippen LogP contribution is 2.39. The fraction of sp³-hybridized carbons (Fsp3) is 0.143. The van der Waals surface area contributed by atoms with E-state index >= 15 is 0 Å². The van der Waals surface area contributed by atoms with Gasteiger partial charge in [0, 0.05) is 0 Å². The van der Waals surface area contributed by atoms with Crippen LogP contribution in [0.2, 0.25) is 0 Å². The number of carboxylic acids is 2. The molecule has 2 heterocycles. The van der Waals surface area contributed by atoms with Gasteiger partial charge < -0.3 is 29.2 Å². The van der Waals surface area contributed by atoms with Crippen molar-refractivity contribution in [3.05, 3.63) is 112 Å². The van der Waals surface area contributed by atoms with Crippen molar-refractivity contribution in [2.75, 3.05) is 0 Å². The third-order valence-corrected chi connectivity index (χ3v) is 13.8. The standard InChI is InChI=1S/C35H22I8N6O8/c36-22-1-16(5-30(50)51)2-23(37)34(22)56-20-7-26(40)32(27(41)8-20)54-13-18-11-48(46-44-18)15-49-12-19(45-47-49)14-55-33-28(42)9-21(10-29(33)43)57-35-24(38)3-17(4-25(35)39)6-31(52)53/h1-4,7-12H,5-6,13-15H2,(H,50,51)(H,52,53). The van der Waals surface area contributed by atoms with Crippen molar-refractivity contribution in [1.82, 2.24) is 30.0 Å². The van der Waals surface area contributed by atoms with E-state index < -0.39 is 11.9 Å². The first-order chi connectivity index (χ1) is 27.1. The molecule has 0 fully saturated rings. The molecule has 4 aromatic carbocycles. The molecule has 22 heteroatoms. The maximum Gasteiger partial charge on any atom is 0.307 e. The van der Waals surface area contributed by atoms with Gasteiger partial charge in [-0.25, -0.2) is 9.36 Å². The molecule has 0 amide bonds. The molecular weight excluding hydrogens is 1650 g/mol. The number of carboxylic acid groups (broad SMARTS) is 2. The number of carbonyl (C=O) groups is 2. The third-order valence-electron chi connectivity index (χ3n) is 7.40. The number of rotatable bonds is 16. The van der Waals surface area contributed by atoms with Gasteiger partial charge in [-0.15, -0.1) is 10.2 Å². The van der Waals surface area contributed by atoms with Gasteiger partial charge in [-0.1, -0.05) is 10.4 Å². The Kier molecular flexibility index (Phi) is 16.7. The minimum Gasteiger partial charge on any atom is -0.485 e. The lowest BCUT2D eigenvalue weighted by Gasteiger charge is -2.15. The summed E-state index contributed by atoms with van der Waals surface area (Å²) in [7, 11) is 0. The summed E-state index contributed by atoms with van der Waals surface area (Å²) in [5, 5.41) is 35.3. The van der Waals surface area contributed by atoms with Crippen LogP contribution < -0.4 is 18.9 Å². The van der Waals surface area contributed by atoms with Crippen LogP contribution in [0.1, 0.15) is 22.5 Å². The van der Waals surface area contributed by atoms with Crippen LogP contribution in [0.3, 0.4) is 0 Å². The summed E-state index contributed by atoms with van der Waals surface area (Å²) >= 11 is 17.5. The van der Waals surface area contributed by atoms with Crippen molar-refractivity contribution < 1.29 is 38.7 Å². The zero-order chi connectivity index (χ0) is 41.0. The van der Waals surface area contributed by atoms with Gasteiger partial charge in [0.05, 0.1) is 53.8 Å². The molecule has 6 rings (SSSR count). The van der Waals surface area contributed by atoms with Gasteiger partial charge >= 0.3 is 11.9 Å². The average molecular weight is 1670 g/mol. The lowest BCUT2D eigenvalue weighted by molar-refractivity contribution is -0.137. The van der Waals surface area contributed by atoms with Crippen LogP contribution in [-0.2, 0) is 42.3 Å². The topological polar surface area (TPSA) is 173 Å². The highest BCUT2D eigenvalue weighted by Gasteiger charge is 2.18. The molecule has 0 unspecified atom stereocenters. The Balaban J connectivity index is 1.02. The molecule has 0 aliphatic carbocycles. The van der Waals surface area contributed by atoms with Crippen molar-refractivity contribution in [2.24, 2.45) is 0 Å². The SMILES string of the molecule is O=C(O)Cc1cc(I)c(Oc2cc(I)c(OCc3cn(Cn4cc(COc5c(I)cc(Oc6c(I)cc(CC(=O)O)cc6I)cc5I)nn4)nn3)c(I)c2)c(I)c1. The van der Waals surface area contributed by atoms with Crippen LogP contribution in [-0.4, -0.2) is 52.1 Å². The smallest absolute Gasteiger partial charge is 0.307 e. The van der Waals surface area contributed by atoms with Crippen molar-refractivity contribution in [1.29, 1.82) is 0 Å². The molecule has 0 atom stereocenters. The summed E-state index contributed by atoms with van der Waals surface area (Å²) in [6.45, 7) is 0.677. The number of aliphatic carboxylic acids is 2. The predicted molar refractivity (Wildman–Crippen MR) is 274 cm³/mol. The van der Waals surface area contributed by atoms with E-state index in [1.165, 1.54) is 0 Å². The zero-order valence-corrected chi connectivity index (χ0v) is 45.6. The fourth-order valence-electron chi connectivity index (χ4n) is 5.06. The number of hydrogen-bond donors (Lipinski definition) is 2. The molecule has 6 aromatic rings. The zero-order valence-electron chi connectivity index (χ0n) is 28.4. The Labute approximate surface area is 433 Å². The molecular formula is C35H22I8N6O8. The quantitative estimate of drug-likeness (QED) is 0.0880. The Morgan fingerprint density at radius 3 is 1.14 bits per heavy atom. The van der Waals surface area contributed by atoms with Crippen molar-refractivity contribution in [2.45, 2.75) is 32.7 Å². The maximum atomic E-state index is 11.2. The summed E-state index contributed by atoms with van der Waals surface area (Å²) in [6.07, 6.45) is 3.47. The largest absolute Gasteiger partial charge is 0.485 e. The van der Waals surface area contributed by atoms with E-state index in [1.54, 1.807) is 21.8 Å². The first kappa shape index (κ1) is 45.7. The molecule has 2 N–H and O–H groups in total. The first-order valence-corrected chi connectivity index (χ1v) is 24.5. The van der Waals surface area contributed by atoms with Crippen LogP contribution in [0.25, 0.3) is 0 Å². The van der Waals surface area contributed by atoms with Gasteiger partial charge in [-0.05, 0) is 240 Å². The molecule has 0 aliphatic heterocycles. The van der Waals surface area contributed by atoms with Crippen LogP contribution in [0.15, 0.2) is 60.9 Å². The van der Waals surface area contributed by atoms with Gasteiger partial charge in [0.15, 0.2) is 11.5 Å². The molecule has 0 bridgehead atoms. The minimum atomic E-state index is -0.881. The van der Waals surface area contributed by atoms with Gasteiger partial charge in [0.1, 0.15) is 54.3 Å². The van der Waals surface area contributed by atoms with Gasteiger partial charge in [-0.3, -0.25) is 9.59 Å². The lowest BCUT2D eigenvalue weighted by Crippen LogP contribution is -2.09. The Bertz CT molecular complexity index is 2240. The monoisotopic (exact) mass is 1670 g/mol. The highest BCUT2D eigenvalue weighted by molar-refractivity contribution is 14.1. The van der Waals surface area contributed by atoms with Crippen LogP contribution in [0, 0.1) is 28.6 Å². The van der Waals surface area contributed by atoms with Gasteiger partial charge in [0.2, 0.25) is 0 Å². The number of nitrogens with zero attached hydrogens (tertiary/aromatic N) is 6. The number of benzene rings is 4. The van der Waals surface area contributed by atoms with E-state index in [0.29, 0.717) is 57.0 Å². The number of aromatic nitrogens is 6. The molecule has 296 valence electrons. The van der Waals surface area contributed by atoms with Crippen molar-refractivity contribution in [3.8, 4) is 34.5 Å². The van der Waals surface area contributed by atoms with E-state index in [1.807, 2.05) is 48.5 Å². The molecule has 57 heavy (non-hydrogen) atoms. The highest BCUT2D eigenvalue weighted by atomic mass is 127. The number of halogens is 8. The van der Waals surface area contributed by atoms with E-state index in [0.717, 1.165) is 28.6 Å². The second-order valence-corrected chi connectivity index (χ2v) is 21.1. The lowest BCUT2D eigenvalue weighted by atomic mass is 10.1. The van der Waals surface area contributed by atoms with E-state index in [-0.39, 0.29) is 32.7 Å². The van der Waals surface area contributed by atoms with E-state index in [4.69, 9.17) is 29.2 Å². The minimum absolute atomic E-state index is 0.0500. The summed E-state index contributed by atoms with van der Waals surface area (Å²) in [5.74, 6) is 2.24. The van der Waals surface area contributed by atoms with Gasteiger partial charge in [0.25, 0.3) is 0 Å². The summed E-state index contributed by atoms with van der Waals surface area (Å²) < 4.78 is 34.8. The van der Waals surface area contributed by atoms with E-state index in [2.05, 4.69) is 201 Å². The second kappa shape index (κ2) is 20.8. The average Bonchev–Trinajstić information content (AvgIpc) is 3.76. The van der Waals surface area contributed by atoms with Crippen LogP contribution in [0.4, 0.5) is 0 Å². The normalized spacial score (nSPS) is 11.1. The summed E-state index contributed by atoms with van der Waals surface area (Å²) in [5.41, 5.74) is 2.69. The van der Waals surface area contributed by atoms with E-state index in [9.17, 15) is 9.59 Å². The number of ether oxygens (including phenoxy) is 4. The number of hydrogen-bond acceptors (Lipinski definition) is 10. The Morgan fingerprint density at radius 2 is 0.825 bits per heavy atom. The molecule has 0 saturated heterocycles. The maximum absolute atomic E-state index is 11.2. The van der Waals surface area contributed by atoms with Gasteiger partial charge in [-0.2, -0.15) is 0 Å². The molecule has 14 nitrogen and oxygen atoms in total. The molecule has 0 aliphatic rings. The Morgan fingerprint density at radius 1 is 0.509 bits per heavy atom. The molecule has 0 saturated carbocycles. The Hall–Kier alpha value is -0.860. The first-order valence-electron chi connectivity index (χ1n) is 15.9. The molecule has 0 spiro atoms. The summed E-state index contributed by atoms with van der Waals surface area (Å²) in [4.78, 5) is 22.3. The summed E-state index contributed by atoms with van der Waals surface area (Å²) in [6, 6.07) is 14.8. The van der Waals surface area contributed by atoms with Crippen molar-refractivity contribution >= 4 is 193 Å². The third kappa shape index (κ3) is 12.6. The molecule has 2 aromatic heterocycles. The van der Waals surface area contributed by atoms with Crippen LogP contribution >= 0.6 is 181 Å². The fourth-order valence-corrected chi connectivity index (χ4v) is 13.3.